The van der Waals surface area contributed by atoms with E-state index < -0.39 is 0 Å². The van der Waals surface area contributed by atoms with Crippen molar-refractivity contribution in [3.63, 3.8) is 0 Å². The molecule has 0 unspecified atom stereocenters. The number of nitrogens with zero attached hydrogens (tertiary/aromatic N) is 3. The molecule has 1 atom stereocenters. The van der Waals surface area contributed by atoms with Gasteiger partial charge in [-0.25, -0.2) is 14.8 Å². The number of rotatable bonds is 5. The first-order valence-corrected chi connectivity index (χ1v) is 11.5. The summed E-state index contributed by atoms with van der Waals surface area (Å²) in [6.45, 7) is 5.05. The largest absolute Gasteiger partial charge is 0.453 e. The molecule has 1 aromatic carbocycles. The third kappa shape index (κ3) is 4.60. The lowest BCUT2D eigenvalue weighted by Crippen LogP contribution is -2.40. The summed E-state index contributed by atoms with van der Waals surface area (Å²) in [5.41, 5.74) is 0.981. The van der Waals surface area contributed by atoms with E-state index in [4.69, 9.17) is 4.74 Å². The van der Waals surface area contributed by atoms with Gasteiger partial charge in [-0.15, -0.1) is 22.7 Å². The zero-order valence-electron chi connectivity index (χ0n) is 16.9. The van der Waals surface area contributed by atoms with Crippen LogP contribution in [0.25, 0.3) is 0 Å². The van der Waals surface area contributed by atoms with Gasteiger partial charge in [0, 0.05) is 19.0 Å². The highest BCUT2D eigenvalue weighted by atomic mass is 32.1. The lowest BCUT2D eigenvalue weighted by molar-refractivity contribution is 0.00126. The van der Waals surface area contributed by atoms with Crippen LogP contribution < -0.4 is 0 Å². The van der Waals surface area contributed by atoms with Gasteiger partial charge in [-0.05, 0) is 32.3 Å². The number of ether oxygens (including phenoxy) is 1. The number of hydrogen-bond donors (Lipinski definition) is 0. The van der Waals surface area contributed by atoms with Gasteiger partial charge in [0.2, 0.25) is 0 Å². The maximum absolute atomic E-state index is 12.7. The molecular weight excluding hydrogens is 418 g/mol. The van der Waals surface area contributed by atoms with Crippen LogP contribution in [0.5, 0.6) is 0 Å². The fourth-order valence-corrected chi connectivity index (χ4v) is 5.14. The maximum atomic E-state index is 12.7. The molecule has 1 amide bonds. The molecule has 0 aliphatic carbocycles. The topological polar surface area (TPSA) is 72.4 Å². The van der Waals surface area contributed by atoms with Gasteiger partial charge in [-0.1, -0.05) is 30.3 Å². The van der Waals surface area contributed by atoms with Crippen molar-refractivity contribution in [2.75, 3.05) is 13.1 Å². The van der Waals surface area contributed by atoms with Gasteiger partial charge in [-0.3, -0.25) is 4.79 Å². The summed E-state index contributed by atoms with van der Waals surface area (Å²) in [4.78, 5) is 36.9. The molecule has 6 nitrogen and oxygen atoms in total. The number of benzene rings is 1. The normalized spacial score (nSPS) is 15.7. The van der Waals surface area contributed by atoms with Crippen LogP contribution in [-0.4, -0.2) is 39.8 Å². The molecular formula is C22H23N3O3S2. The van der Waals surface area contributed by atoms with E-state index >= 15 is 0 Å². The summed E-state index contributed by atoms with van der Waals surface area (Å²) in [5.74, 6) is -0.154. The fourth-order valence-electron chi connectivity index (χ4n) is 3.73. The van der Waals surface area contributed by atoms with E-state index in [9.17, 15) is 9.59 Å². The Morgan fingerprint density at radius 2 is 1.60 bits per heavy atom. The molecule has 156 valence electrons. The second-order valence-electron chi connectivity index (χ2n) is 7.35. The minimum atomic E-state index is -0.344. The Balaban J connectivity index is 1.47. The molecule has 3 aromatic rings. The van der Waals surface area contributed by atoms with Crippen LogP contribution >= 0.6 is 22.7 Å². The molecule has 0 saturated carbocycles. The number of carbonyl (C=O) groups is 2. The SMILES string of the molecule is Cc1ncc(C(=O)O[C@H](c2ccccc2)C2CCN(C(=O)c3cnc(C)s3)CC2)s1. The predicted octanol–water partition coefficient (Wildman–Crippen LogP) is 4.67. The van der Waals surface area contributed by atoms with Crippen molar-refractivity contribution < 1.29 is 14.3 Å². The Bertz CT molecular complexity index is 1020. The molecule has 3 heterocycles. The molecule has 1 aliphatic heterocycles. The number of carbonyl (C=O) groups excluding carboxylic acids is 2. The molecule has 1 aliphatic rings. The number of aromatic nitrogens is 2. The van der Waals surface area contributed by atoms with Crippen LogP contribution in [0.4, 0.5) is 0 Å². The summed E-state index contributed by atoms with van der Waals surface area (Å²) < 4.78 is 5.98. The Morgan fingerprint density at radius 3 is 2.17 bits per heavy atom. The molecule has 0 spiro atoms. The van der Waals surface area contributed by atoms with Crippen molar-refractivity contribution in [1.29, 1.82) is 0 Å². The minimum absolute atomic E-state index is 0.0347. The van der Waals surface area contributed by atoms with E-state index in [1.54, 1.807) is 12.4 Å². The highest BCUT2D eigenvalue weighted by Gasteiger charge is 2.33. The first-order valence-electron chi connectivity index (χ1n) is 9.91. The van der Waals surface area contributed by atoms with Gasteiger partial charge in [0.15, 0.2) is 0 Å². The van der Waals surface area contributed by atoms with Crippen LogP contribution in [0.3, 0.4) is 0 Å². The van der Waals surface area contributed by atoms with Gasteiger partial charge in [0.1, 0.15) is 15.9 Å². The average Bonchev–Trinajstić information content (AvgIpc) is 3.40. The van der Waals surface area contributed by atoms with E-state index in [2.05, 4.69) is 9.97 Å². The van der Waals surface area contributed by atoms with Gasteiger partial charge < -0.3 is 9.64 Å². The molecule has 2 aromatic heterocycles. The third-order valence-corrected chi connectivity index (χ3v) is 7.07. The summed E-state index contributed by atoms with van der Waals surface area (Å²) in [5, 5.41) is 1.73. The summed E-state index contributed by atoms with van der Waals surface area (Å²) in [6.07, 6.45) is 4.43. The molecule has 8 heteroatoms. The van der Waals surface area contributed by atoms with E-state index in [0.717, 1.165) is 28.4 Å². The van der Waals surface area contributed by atoms with Crippen molar-refractivity contribution in [2.24, 2.45) is 5.92 Å². The molecule has 1 saturated heterocycles. The third-order valence-electron chi connectivity index (χ3n) is 5.27. The zero-order chi connectivity index (χ0) is 21.1. The molecule has 0 N–H and O–H groups in total. The number of likely N-dealkylation sites (tertiary alicyclic amines) is 1. The number of amides is 1. The van der Waals surface area contributed by atoms with Crippen molar-refractivity contribution in [3.8, 4) is 0 Å². The quantitative estimate of drug-likeness (QED) is 0.538. The summed E-state index contributed by atoms with van der Waals surface area (Å²) in [7, 11) is 0. The average molecular weight is 442 g/mol. The number of hydrogen-bond acceptors (Lipinski definition) is 7. The van der Waals surface area contributed by atoms with E-state index in [-0.39, 0.29) is 23.9 Å². The standard InChI is InChI=1S/C22H23N3O3S2/c1-14-23-12-18(29-14)21(26)25-10-8-17(9-11-25)20(16-6-4-3-5-7-16)28-22(27)19-13-24-15(2)30-19/h3-7,12-13,17,20H,8-11H2,1-2H3/t20-/m1/s1. The number of piperidine rings is 1. The Labute approximate surface area is 183 Å². The minimum Gasteiger partial charge on any atom is -0.453 e. The maximum Gasteiger partial charge on any atom is 0.350 e. The second kappa shape index (κ2) is 9.06. The van der Waals surface area contributed by atoms with Crippen LogP contribution in [0.2, 0.25) is 0 Å². The Kier molecular flexibility index (Phi) is 6.24. The summed E-state index contributed by atoms with van der Waals surface area (Å²) in [6, 6.07) is 9.85. The number of thiazole rings is 2. The van der Waals surface area contributed by atoms with E-state index in [0.29, 0.717) is 22.8 Å². The van der Waals surface area contributed by atoms with Crippen LogP contribution in [-0.2, 0) is 4.74 Å². The van der Waals surface area contributed by atoms with Crippen LogP contribution in [0.15, 0.2) is 42.7 Å². The van der Waals surface area contributed by atoms with E-state index in [1.165, 1.54) is 22.7 Å². The lowest BCUT2D eigenvalue weighted by atomic mass is 9.87. The number of esters is 1. The Hall–Kier alpha value is -2.58. The predicted molar refractivity (Wildman–Crippen MR) is 117 cm³/mol. The molecule has 4 rings (SSSR count). The first-order chi connectivity index (χ1) is 14.5. The highest BCUT2D eigenvalue weighted by molar-refractivity contribution is 7.13. The van der Waals surface area contributed by atoms with Crippen molar-refractivity contribution in [1.82, 2.24) is 14.9 Å². The van der Waals surface area contributed by atoms with Gasteiger partial charge >= 0.3 is 5.97 Å². The summed E-state index contributed by atoms with van der Waals surface area (Å²) >= 11 is 2.77. The first kappa shape index (κ1) is 20.7. The van der Waals surface area contributed by atoms with Crippen molar-refractivity contribution in [3.05, 3.63) is 68.1 Å². The van der Waals surface area contributed by atoms with E-state index in [1.807, 2.05) is 49.1 Å². The monoisotopic (exact) mass is 441 g/mol. The Morgan fingerprint density at radius 1 is 1.00 bits per heavy atom. The van der Waals surface area contributed by atoms with Gasteiger partial charge in [0.05, 0.1) is 22.4 Å². The molecule has 0 radical (unpaired) electrons. The molecule has 30 heavy (non-hydrogen) atoms. The highest BCUT2D eigenvalue weighted by Crippen LogP contribution is 2.35. The molecule has 0 bridgehead atoms. The lowest BCUT2D eigenvalue weighted by Gasteiger charge is -2.35. The van der Waals surface area contributed by atoms with Crippen molar-refractivity contribution >= 4 is 34.6 Å². The molecule has 1 fully saturated rings. The second-order valence-corrected chi connectivity index (χ2v) is 9.82. The van der Waals surface area contributed by atoms with Crippen LogP contribution in [0.1, 0.15) is 53.9 Å². The van der Waals surface area contributed by atoms with Gasteiger partial charge in [-0.2, -0.15) is 0 Å². The zero-order valence-corrected chi connectivity index (χ0v) is 18.5. The van der Waals surface area contributed by atoms with Crippen molar-refractivity contribution in [2.45, 2.75) is 32.8 Å². The number of aryl methyl sites for hydroxylation is 2. The smallest absolute Gasteiger partial charge is 0.350 e. The van der Waals surface area contributed by atoms with Gasteiger partial charge in [0.25, 0.3) is 5.91 Å². The van der Waals surface area contributed by atoms with Crippen LogP contribution in [0, 0.1) is 19.8 Å². The fraction of sp³-hybridized carbons (Fsp3) is 0.364.